The lowest BCUT2D eigenvalue weighted by Crippen LogP contribution is -2.17. The Kier molecular flexibility index (Phi) is 6.04. The lowest BCUT2D eigenvalue weighted by molar-refractivity contribution is 0.609. The normalized spacial score (nSPS) is 13.0. The van der Waals surface area contributed by atoms with Crippen molar-refractivity contribution in [2.75, 3.05) is 9.84 Å². The molecule has 1 N–H and O–H groups in total. The highest BCUT2D eigenvalue weighted by molar-refractivity contribution is 8.01. The van der Waals surface area contributed by atoms with Gasteiger partial charge in [0.25, 0.3) is 0 Å². The van der Waals surface area contributed by atoms with E-state index in [-0.39, 0.29) is 0 Å². The summed E-state index contributed by atoms with van der Waals surface area (Å²) >= 11 is 1.78. The molecule has 4 aromatic rings. The minimum absolute atomic E-state index is 1.15. The van der Waals surface area contributed by atoms with Gasteiger partial charge >= 0.3 is 0 Å². The molecule has 0 aliphatic carbocycles. The quantitative estimate of drug-likeness (QED) is 0.172. The molecule has 0 radical (unpaired) electrons. The lowest BCUT2D eigenvalue weighted by Gasteiger charge is -2.23. The second kappa shape index (κ2) is 9.23. The molecule has 4 aromatic carbocycles. The summed E-state index contributed by atoms with van der Waals surface area (Å²) in [6.07, 6.45) is 9.13. The van der Waals surface area contributed by atoms with Gasteiger partial charge in [0.15, 0.2) is 0 Å². The van der Waals surface area contributed by atoms with Gasteiger partial charge in [-0.2, -0.15) is 0 Å². The molecule has 0 saturated carbocycles. The topological polar surface area (TPSA) is 15.3 Å². The highest BCUT2D eigenvalue weighted by Crippen LogP contribution is 2.47. The molecule has 0 fully saturated rings. The van der Waals surface area contributed by atoms with Gasteiger partial charge in [-0.1, -0.05) is 99.7 Å². The maximum Gasteiger partial charge on any atom is 0.0861 e. The van der Waals surface area contributed by atoms with E-state index in [0.29, 0.717) is 0 Å². The van der Waals surface area contributed by atoms with Crippen molar-refractivity contribution < 1.29 is 0 Å². The summed E-state index contributed by atoms with van der Waals surface area (Å²) in [6, 6.07) is 26.4. The van der Waals surface area contributed by atoms with E-state index in [0.717, 1.165) is 6.42 Å². The molecule has 0 amide bonds. The van der Waals surface area contributed by atoms with E-state index < -0.39 is 0 Å². The van der Waals surface area contributed by atoms with Gasteiger partial charge in [0, 0.05) is 22.7 Å². The van der Waals surface area contributed by atoms with Crippen LogP contribution < -0.4 is 9.84 Å². The van der Waals surface area contributed by atoms with E-state index in [1.54, 1.807) is 11.9 Å². The second-order valence-corrected chi connectivity index (χ2v) is 9.42. The van der Waals surface area contributed by atoms with E-state index >= 15 is 0 Å². The molecule has 2 nitrogen and oxygen atoms in total. The lowest BCUT2D eigenvalue weighted by atomic mass is 9.91. The molecule has 1 heterocycles. The molecular formula is C28H30N2S. The second-order valence-electron chi connectivity index (χ2n) is 8.43. The number of hydrazine groups is 1. The average molecular weight is 427 g/mol. The maximum atomic E-state index is 3.62. The van der Waals surface area contributed by atoms with Crippen LogP contribution in [0.25, 0.3) is 21.5 Å². The monoisotopic (exact) mass is 426 g/mol. The van der Waals surface area contributed by atoms with Crippen LogP contribution in [0.15, 0.2) is 77.7 Å². The SMILES string of the molecule is CCCCCCCCc1c2ccccc2c(N2Nc3ccccc3S2)c2ccccc12. The van der Waals surface area contributed by atoms with E-state index in [2.05, 4.69) is 89.6 Å². The minimum Gasteiger partial charge on any atom is -0.287 e. The fraction of sp³-hybridized carbons (Fsp3) is 0.286. The third-order valence-electron chi connectivity index (χ3n) is 6.30. The fourth-order valence-corrected chi connectivity index (χ4v) is 5.72. The number of anilines is 2. The zero-order valence-corrected chi connectivity index (χ0v) is 19.0. The smallest absolute Gasteiger partial charge is 0.0861 e. The number of benzene rings is 4. The van der Waals surface area contributed by atoms with Gasteiger partial charge in [0.1, 0.15) is 0 Å². The molecular weight excluding hydrogens is 396 g/mol. The number of rotatable bonds is 8. The van der Waals surface area contributed by atoms with Crippen LogP contribution >= 0.6 is 11.9 Å². The first-order valence-corrected chi connectivity index (χ1v) is 12.4. The number of unbranched alkanes of at least 4 members (excludes halogenated alkanes) is 5. The van der Waals surface area contributed by atoms with E-state index in [9.17, 15) is 0 Å². The van der Waals surface area contributed by atoms with Crippen LogP contribution in [0, 0.1) is 0 Å². The number of para-hydroxylation sites is 1. The van der Waals surface area contributed by atoms with Crippen LogP contribution in [0.2, 0.25) is 0 Å². The third-order valence-corrected chi connectivity index (χ3v) is 7.31. The molecule has 0 saturated heterocycles. The average Bonchev–Trinajstić information content (AvgIpc) is 3.24. The molecule has 0 spiro atoms. The summed E-state index contributed by atoms with van der Waals surface area (Å²) in [5.74, 6) is 0. The summed E-state index contributed by atoms with van der Waals surface area (Å²) < 4.78 is 2.25. The molecule has 1 aliphatic rings. The Morgan fingerprint density at radius 1 is 0.677 bits per heavy atom. The molecule has 1 aliphatic heterocycles. The van der Waals surface area contributed by atoms with Crippen LogP contribution in [-0.4, -0.2) is 0 Å². The Balaban J connectivity index is 1.55. The molecule has 3 heteroatoms. The van der Waals surface area contributed by atoms with Crippen molar-refractivity contribution >= 4 is 44.9 Å². The molecule has 0 atom stereocenters. The summed E-state index contributed by atoms with van der Waals surface area (Å²) in [5.41, 5.74) is 7.57. The van der Waals surface area contributed by atoms with Gasteiger partial charge in [-0.3, -0.25) is 5.43 Å². The third kappa shape index (κ3) is 3.99. The number of fused-ring (bicyclic) bond motifs is 3. The first kappa shape index (κ1) is 20.3. The van der Waals surface area contributed by atoms with Crippen molar-refractivity contribution in [1.82, 2.24) is 0 Å². The Morgan fingerprint density at radius 2 is 1.26 bits per heavy atom. The van der Waals surface area contributed by atoms with Gasteiger partial charge in [-0.05, 0) is 41.3 Å². The number of aryl methyl sites for hydroxylation is 1. The minimum atomic E-state index is 1.15. The number of hydrogen-bond donors (Lipinski definition) is 1. The van der Waals surface area contributed by atoms with Crippen molar-refractivity contribution in [3.63, 3.8) is 0 Å². The van der Waals surface area contributed by atoms with Crippen LogP contribution in [0.3, 0.4) is 0 Å². The van der Waals surface area contributed by atoms with Crippen LogP contribution in [0.1, 0.15) is 51.0 Å². The molecule has 158 valence electrons. The highest BCUT2D eigenvalue weighted by atomic mass is 32.2. The summed E-state index contributed by atoms with van der Waals surface area (Å²) in [5, 5.41) is 5.44. The van der Waals surface area contributed by atoms with Crippen LogP contribution in [-0.2, 0) is 6.42 Å². The Bertz CT molecular complexity index is 1120. The van der Waals surface area contributed by atoms with Gasteiger partial charge in [0.2, 0.25) is 0 Å². The number of hydrogen-bond acceptors (Lipinski definition) is 3. The zero-order valence-electron chi connectivity index (χ0n) is 18.2. The Hall–Kier alpha value is -2.65. The van der Waals surface area contributed by atoms with Crippen molar-refractivity contribution in [1.29, 1.82) is 0 Å². The predicted molar refractivity (Wildman–Crippen MR) is 137 cm³/mol. The van der Waals surface area contributed by atoms with Gasteiger partial charge in [-0.25, -0.2) is 4.41 Å². The van der Waals surface area contributed by atoms with E-state index in [1.807, 2.05) is 0 Å². The van der Waals surface area contributed by atoms with Gasteiger partial charge in [0.05, 0.1) is 16.3 Å². The van der Waals surface area contributed by atoms with Gasteiger partial charge in [-0.15, -0.1) is 0 Å². The zero-order chi connectivity index (χ0) is 21.0. The predicted octanol–water partition coefficient (Wildman–Crippen LogP) is 8.75. The van der Waals surface area contributed by atoms with E-state index in [4.69, 9.17) is 0 Å². The standard InChI is InChI=1S/C28H30N2S/c1-2-3-4-5-6-7-14-21-22-15-8-10-17-24(22)28(25-18-11-9-16-23(21)25)30-29-26-19-12-13-20-27(26)31-30/h8-13,15-20,29H,2-7,14H2,1H3. The summed E-state index contributed by atoms with van der Waals surface area (Å²) in [4.78, 5) is 1.27. The Labute approximate surface area is 189 Å². The number of nitrogens with zero attached hydrogens (tertiary/aromatic N) is 1. The van der Waals surface area contributed by atoms with Crippen molar-refractivity contribution in [2.45, 2.75) is 56.8 Å². The molecule has 0 bridgehead atoms. The Morgan fingerprint density at radius 3 is 1.94 bits per heavy atom. The van der Waals surface area contributed by atoms with Crippen molar-refractivity contribution in [2.24, 2.45) is 0 Å². The highest BCUT2D eigenvalue weighted by Gasteiger charge is 2.24. The molecule has 0 unspecified atom stereocenters. The van der Waals surface area contributed by atoms with Crippen molar-refractivity contribution in [3.05, 3.63) is 78.4 Å². The molecule has 31 heavy (non-hydrogen) atoms. The van der Waals surface area contributed by atoms with E-state index in [1.165, 1.54) is 81.9 Å². The molecule has 5 rings (SSSR count). The summed E-state index contributed by atoms with van der Waals surface area (Å²) in [6.45, 7) is 2.28. The first-order valence-electron chi connectivity index (χ1n) is 11.6. The summed E-state index contributed by atoms with van der Waals surface area (Å²) in [7, 11) is 0. The molecule has 0 aromatic heterocycles. The van der Waals surface area contributed by atoms with Gasteiger partial charge < -0.3 is 0 Å². The van der Waals surface area contributed by atoms with Crippen LogP contribution in [0.4, 0.5) is 11.4 Å². The van der Waals surface area contributed by atoms with Crippen molar-refractivity contribution in [3.8, 4) is 0 Å². The fourth-order valence-electron chi connectivity index (χ4n) is 4.74. The largest absolute Gasteiger partial charge is 0.287 e. The first-order chi connectivity index (χ1) is 15.4. The number of nitrogens with one attached hydrogen (secondary N) is 1. The maximum absolute atomic E-state index is 3.62. The van der Waals surface area contributed by atoms with Crippen LogP contribution in [0.5, 0.6) is 0 Å².